The molecule has 0 bridgehead atoms. The third-order valence-corrected chi connectivity index (χ3v) is 1.96. The number of hydrogen-bond donors (Lipinski definition) is 1. The number of aromatic nitrogens is 2. The van der Waals surface area contributed by atoms with Crippen LogP contribution in [-0.2, 0) is 0 Å². The second kappa shape index (κ2) is 4.62. The molecule has 0 fully saturated rings. The van der Waals surface area contributed by atoms with E-state index in [0.717, 1.165) is 5.03 Å². The first-order chi connectivity index (χ1) is 5.83. The lowest BCUT2D eigenvalue weighted by Crippen LogP contribution is -2.08. The van der Waals surface area contributed by atoms with Crippen molar-refractivity contribution in [3.8, 4) is 11.8 Å². The van der Waals surface area contributed by atoms with E-state index in [4.69, 9.17) is 0 Å². The molecule has 62 valence electrons. The fourth-order valence-corrected chi connectivity index (χ4v) is 1.31. The summed E-state index contributed by atoms with van der Waals surface area (Å²) in [5, 5.41) is 0.803. The van der Waals surface area contributed by atoms with Gasteiger partial charge in [-0.3, -0.25) is 0 Å². The molecule has 0 amide bonds. The second-order valence-corrected chi connectivity index (χ2v) is 2.97. The topological polar surface area (TPSA) is 45.8 Å². The average Bonchev–Trinajstić information content (AvgIpc) is 2.05. The lowest BCUT2D eigenvalue weighted by Gasteiger charge is -1.93. The summed E-state index contributed by atoms with van der Waals surface area (Å²) in [5.74, 6) is 6.35. The highest BCUT2D eigenvalue weighted by Crippen LogP contribution is 2.10. The van der Waals surface area contributed by atoms with Crippen molar-refractivity contribution in [3.05, 3.63) is 22.7 Å². The Balaban J connectivity index is 2.62. The van der Waals surface area contributed by atoms with Crippen LogP contribution in [0.5, 0.6) is 0 Å². The van der Waals surface area contributed by atoms with Crippen molar-refractivity contribution >= 4 is 11.8 Å². The van der Waals surface area contributed by atoms with Crippen LogP contribution in [0.2, 0.25) is 0 Å². The van der Waals surface area contributed by atoms with Crippen LogP contribution in [0.4, 0.5) is 0 Å². The van der Waals surface area contributed by atoms with Gasteiger partial charge in [0, 0.05) is 6.20 Å². The van der Waals surface area contributed by atoms with Gasteiger partial charge in [-0.15, -0.1) is 5.92 Å². The fraction of sp³-hybridized carbons (Fsp3) is 0.250. The Labute approximate surface area is 74.6 Å². The van der Waals surface area contributed by atoms with Gasteiger partial charge in [0.2, 0.25) is 0 Å². The van der Waals surface area contributed by atoms with Gasteiger partial charge in [0.05, 0.1) is 10.8 Å². The van der Waals surface area contributed by atoms with E-state index in [9.17, 15) is 4.79 Å². The van der Waals surface area contributed by atoms with Crippen molar-refractivity contribution in [3.63, 3.8) is 0 Å². The largest absolute Gasteiger partial charge is 0.345 e. The molecule has 3 nitrogen and oxygen atoms in total. The summed E-state index contributed by atoms with van der Waals surface area (Å²) in [7, 11) is 0. The van der Waals surface area contributed by atoms with Crippen LogP contribution >= 0.6 is 11.8 Å². The molecule has 1 rings (SSSR count). The maximum Gasteiger partial charge on any atom is 0.345 e. The van der Waals surface area contributed by atoms with Crippen molar-refractivity contribution in [1.82, 2.24) is 9.97 Å². The Bertz CT molecular complexity index is 361. The van der Waals surface area contributed by atoms with Gasteiger partial charge < -0.3 is 4.98 Å². The van der Waals surface area contributed by atoms with Crippen LogP contribution in [0.3, 0.4) is 0 Å². The number of nitrogens with zero attached hydrogens (tertiary/aromatic N) is 1. The maximum atomic E-state index is 10.7. The maximum absolute atomic E-state index is 10.7. The normalized spacial score (nSPS) is 8.75. The predicted molar refractivity (Wildman–Crippen MR) is 49.0 cm³/mol. The Morgan fingerprint density at radius 2 is 2.58 bits per heavy atom. The van der Waals surface area contributed by atoms with Gasteiger partial charge in [-0.1, -0.05) is 17.7 Å². The van der Waals surface area contributed by atoms with Crippen LogP contribution in [-0.4, -0.2) is 15.7 Å². The molecule has 1 N–H and O–H groups in total. The molecule has 0 radical (unpaired) electrons. The second-order valence-electron chi connectivity index (χ2n) is 1.95. The first-order valence-corrected chi connectivity index (χ1v) is 4.39. The minimum absolute atomic E-state index is 0.315. The standard InChI is InChI=1S/C8H8N2OS/c1-2-3-6-12-7-4-5-9-8(11)10-7/h4-5H,6H2,1H3,(H,9,10,11). The number of H-pyrrole nitrogens is 1. The summed E-state index contributed by atoms with van der Waals surface area (Å²) < 4.78 is 0. The molecule has 0 aliphatic carbocycles. The monoisotopic (exact) mass is 180 g/mol. The van der Waals surface area contributed by atoms with Crippen molar-refractivity contribution < 1.29 is 0 Å². The lowest BCUT2D eigenvalue weighted by atomic mass is 10.7. The quantitative estimate of drug-likeness (QED) is 0.417. The van der Waals surface area contributed by atoms with Crippen LogP contribution in [0.1, 0.15) is 6.92 Å². The molecule has 1 aromatic rings. The van der Waals surface area contributed by atoms with Gasteiger partial charge >= 0.3 is 5.69 Å². The molecule has 0 aliphatic rings. The van der Waals surface area contributed by atoms with Gasteiger partial charge in [-0.25, -0.2) is 9.78 Å². The van der Waals surface area contributed by atoms with Crippen LogP contribution < -0.4 is 5.69 Å². The molecule has 0 atom stereocenters. The first-order valence-electron chi connectivity index (χ1n) is 3.40. The van der Waals surface area contributed by atoms with E-state index in [1.807, 2.05) is 0 Å². The molecule has 0 saturated carbocycles. The smallest absolute Gasteiger partial charge is 0.300 e. The minimum atomic E-state index is -0.315. The summed E-state index contributed by atoms with van der Waals surface area (Å²) in [6.45, 7) is 1.79. The van der Waals surface area contributed by atoms with Gasteiger partial charge in [0.15, 0.2) is 0 Å². The Kier molecular flexibility index (Phi) is 3.42. The molecular weight excluding hydrogens is 172 g/mol. The summed E-state index contributed by atoms with van der Waals surface area (Å²) in [4.78, 5) is 16.8. The zero-order valence-corrected chi connectivity index (χ0v) is 7.44. The Morgan fingerprint density at radius 1 is 1.75 bits per heavy atom. The Hall–Kier alpha value is -1.21. The first kappa shape index (κ1) is 8.88. The third kappa shape index (κ3) is 2.81. The fourth-order valence-electron chi connectivity index (χ4n) is 0.622. The molecule has 12 heavy (non-hydrogen) atoms. The van der Waals surface area contributed by atoms with E-state index in [-0.39, 0.29) is 5.69 Å². The van der Waals surface area contributed by atoms with Gasteiger partial charge in [-0.05, 0) is 13.0 Å². The molecule has 4 heteroatoms. The SMILES string of the molecule is CC#CCSc1ccnc(=O)[nH]1. The van der Waals surface area contributed by atoms with Gasteiger partial charge in [-0.2, -0.15) is 0 Å². The number of aromatic amines is 1. The Morgan fingerprint density at radius 3 is 3.25 bits per heavy atom. The molecule has 1 heterocycles. The van der Waals surface area contributed by atoms with E-state index in [0.29, 0.717) is 5.75 Å². The molecule has 0 aliphatic heterocycles. The van der Waals surface area contributed by atoms with Crippen LogP contribution in [0, 0.1) is 11.8 Å². The molecule has 1 aromatic heterocycles. The zero-order chi connectivity index (χ0) is 8.81. The van der Waals surface area contributed by atoms with Crippen molar-refractivity contribution in [1.29, 1.82) is 0 Å². The molecule has 0 saturated heterocycles. The number of nitrogens with one attached hydrogen (secondary N) is 1. The van der Waals surface area contributed by atoms with Gasteiger partial charge in [0.25, 0.3) is 0 Å². The highest BCUT2D eigenvalue weighted by molar-refractivity contribution is 7.99. The van der Waals surface area contributed by atoms with Crippen LogP contribution in [0.15, 0.2) is 22.1 Å². The molecule has 0 spiro atoms. The van der Waals surface area contributed by atoms with Crippen molar-refractivity contribution in [2.24, 2.45) is 0 Å². The summed E-state index contributed by atoms with van der Waals surface area (Å²) >= 11 is 1.49. The highest BCUT2D eigenvalue weighted by atomic mass is 32.2. The van der Waals surface area contributed by atoms with E-state index in [1.54, 1.807) is 13.0 Å². The highest BCUT2D eigenvalue weighted by Gasteiger charge is 1.91. The summed E-state index contributed by atoms with van der Waals surface area (Å²) in [6.07, 6.45) is 1.49. The van der Waals surface area contributed by atoms with E-state index < -0.39 is 0 Å². The average molecular weight is 180 g/mol. The molecule has 0 unspecified atom stereocenters. The van der Waals surface area contributed by atoms with Crippen LogP contribution in [0.25, 0.3) is 0 Å². The van der Waals surface area contributed by atoms with E-state index in [1.165, 1.54) is 18.0 Å². The number of thioether (sulfide) groups is 1. The zero-order valence-electron chi connectivity index (χ0n) is 6.63. The summed E-state index contributed by atoms with van der Waals surface area (Å²) in [5.41, 5.74) is -0.315. The minimum Gasteiger partial charge on any atom is -0.300 e. The molecular formula is C8H8N2OS. The number of rotatable bonds is 2. The summed E-state index contributed by atoms with van der Waals surface area (Å²) in [6, 6.07) is 1.75. The predicted octanol–water partition coefficient (Wildman–Crippen LogP) is 0.885. The molecule has 0 aromatic carbocycles. The lowest BCUT2D eigenvalue weighted by molar-refractivity contribution is 0.980. The van der Waals surface area contributed by atoms with Gasteiger partial charge in [0.1, 0.15) is 0 Å². The number of hydrogen-bond acceptors (Lipinski definition) is 3. The van der Waals surface area contributed by atoms with Crippen molar-refractivity contribution in [2.75, 3.05) is 5.75 Å². The van der Waals surface area contributed by atoms with E-state index >= 15 is 0 Å². The van der Waals surface area contributed by atoms with Crippen molar-refractivity contribution in [2.45, 2.75) is 11.9 Å². The third-order valence-electron chi connectivity index (χ3n) is 1.12. The van der Waals surface area contributed by atoms with E-state index in [2.05, 4.69) is 21.8 Å².